The van der Waals surface area contributed by atoms with Crippen LogP contribution in [0.2, 0.25) is 0 Å². The van der Waals surface area contributed by atoms with Gasteiger partial charge in [0.15, 0.2) is 0 Å². The SMILES string of the molecule is CCC1=C(CC)[C@H]2C(=O)CC[C@H]2C(CC)=C1CC. The zero-order chi connectivity index (χ0) is 13.3. The quantitative estimate of drug-likeness (QED) is 0.694. The smallest absolute Gasteiger partial charge is 0.140 e. The van der Waals surface area contributed by atoms with Gasteiger partial charge < -0.3 is 0 Å². The van der Waals surface area contributed by atoms with Crippen molar-refractivity contribution in [2.24, 2.45) is 11.8 Å². The number of allylic oxidation sites excluding steroid dienone is 4. The highest BCUT2D eigenvalue weighted by molar-refractivity contribution is 5.88. The maximum Gasteiger partial charge on any atom is 0.140 e. The van der Waals surface area contributed by atoms with Crippen LogP contribution in [0.4, 0.5) is 0 Å². The molecule has 0 aliphatic heterocycles. The number of ketones is 1. The van der Waals surface area contributed by atoms with E-state index in [4.69, 9.17) is 0 Å². The summed E-state index contributed by atoms with van der Waals surface area (Å²) in [6, 6.07) is 0. The lowest BCUT2D eigenvalue weighted by Crippen LogP contribution is -2.25. The molecule has 2 rings (SSSR count). The molecule has 1 nitrogen and oxygen atoms in total. The van der Waals surface area contributed by atoms with Crippen LogP contribution < -0.4 is 0 Å². The van der Waals surface area contributed by atoms with Gasteiger partial charge in [-0.1, -0.05) is 38.8 Å². The molecule has 0 amide bonds. The van der Waals surface area contributed by atoms with E-state index < -0.39 is 0 Å². The molecule has 1 saturated carbocycles. The Morgan fingerprint density at radius 1 is 0.889 bits per heavy atom. The van der Waals surface area contributed by atoms with Crippen LogP contribution >= 0.6 is 0 Å². The van der Waals surface area contributed by atoms with E-state index in [0.29, 0.717) is 11.7 Å². The molecule has 0 bridgehead atoms. The number of carbonyl (C=O) groups is 1. The van der Waals surface area contributed by atoms with E-state index in [0.717, 1.165) is 38.5 Å². The van der Waals surface area contributed by atoms with Crippen molar-refractivity contribution in [1.82, 2.24) is 0 Å². The van der Waals surface area contributed by atoms with Crippen molar-refractivity contribution in [2.45, 2.75) is 66.2 Å². The molecule has 0 aromatic rings. The summed E-state index contributed by atoms with van der Waals surface area (Å²) in [7, 11) is 0. The van der Waals surface area contributed by atoms with E-state index >= 15 is 0 Å². The Balaban J connectivity index is 2.59. The van der Waals surface area contributed by atoms with Gasteiger partial charge in [0.2, 0.25) is 0 Å². The van der Waals surface area contributed by atoms with Crippen LogP contribution in [0.25, 0.3) is 0 Å². The third kappa shape index (κ3) is 1.88. The first kappa shape index (κ1) is 13.6. The van der Waals surface area contributed by atoms with Gasteiger partial charge in [0.25, 0.3) is 0 Å². The van der Waals surface area contributed by atoms with Crippen LogP contribution in [0.1, 0.15) is 66.2 Å². The topological polar surface area (TPSA) is 17.1 Å². The Bertz CT molecular complexity index is 411. The molecule has 2 aliphatic rings. The van der Waals surface area contributed by atoms with Gasteiger partial charge in [0, 0.05) is 12.3 Å². The first-order valence-electron chi connectivity index (χ1n) is 7.66. The molecule has 100 valence electrons. The highest BCUT2D eigenvalue weighted by Gasteiger charge is 2.42. The van der Waals surface area contributed by atoms with Gasteiger partial charge >= 0.3 is 0 Å². The van der Waals surface area contributed by atoms with E-state index in [1.54, 1.807) is 11.1 Å². The molecule has 0 aromatic heterocycles. The summed E-state index contributed by atoms with van der Waals surface area (Å²) in [6.45, 7) is 8.99. The van der Waals surface area contributed by atoms with E-state index in [-0.39, 0.29) is 5.92 Å². The summed E-state index contributed by atoms with van der Waals surface area (Å²) in [5.74, 6) is 1.29. The van der Waals surface area contributed by atoms with E-state index in [2.05, 4.69) is 27.7 Å². The summed E-state index contributed by atoms with van der Waals surface area (Å²) in [4.78, 5) is 12.2. The number of hydrogen-bond acceptors (Lipinski definition) is 1. The first-order chi connectivity index (χ1) is 8.69. The van der Waals surface area contributed by atoms with Crippen LogP contribution in [0.3, 0.4) is 0 Å². The molecule has 0 unspecified atom stereocenters. The van der Waals surface area contributed by atoms with Crippen molar-refractivity contribution < 1.29 is 4.79 Å². The van der Waals surface area contributed by atoms with E-state index in [1.807, 2.05) is 0 Å². The van der Waals surface area contributed by atoms with Crippen LogP contribution in [0, 0.1) is 11.8 Å². The second-order valence-corrected chi connectivity index (χ2v) is 5.51. The maximum atomic E-state index is 12.2. The molecular weight excluding hydrogens is 220 g/mol. The summed E-state index contributed by atoms with van der Waals surface area (Å²) in [5.41, 5.74) is 6.18. The highest BCUT2D eigenvalue weighted by atomic mass is 16.1. The van der Waals surface area contributed by atoms with Crippen molar-refractivity contribution >= 4 is 5.78 Å². The fourth-order valence-corrected chi connectivity index (χ4v) is 4.25. The number of hydrogen-bond donors (Lipinski definition) is 0. The molecule has 0 radical (unpaired) electrons. The average Bonchev–Trinajstić information content (AvgIpc) is 2.77. The Hall–Kier alpha value is -0.850. The third-order valence-corrected chi connectivity index (χ3v) is 4.88. The second kappa shape index (κ2) is 5.42. The van der Waals surface area contributed by atoms with E-state index in [1.165, 1.54) is 11.1 Å². The highest BCUT2D eigenvalue weighted by Crippen LogP contribution is 2.49. The van der Waals surface area contributed by atoms with Gasteiger partial charge in [-0.05, 0) is 49.2 Å². The van der Waals surface area contributed by atoms with Crippen LogP contribution in [-0.4, -0.2) is 5.78 Å². The molecule has 2 aliphatic carbocycles. The molecule has 0 saturated heterocycles. The molecule has 0 heterocycles. The molecule has 0 N–H and O–H groups in total. The Morgan fingerprint density at radius 2 is 1.44 bits per heavy atom. The first-order valence-corrected chi connectivity index (χ1v) is 7.66. The fourth-order valence-electron chi connectivity index (χ4n) is 4.25. The molecule has 2 atom stereocenters. The third-order valence-electron chi connectivity index (χ3n) is 4.88. The van der Waals surface area contributed by atoms with Crippen molar-refractivity contribution in [3.05, 3.63) is 22.3 Å². The molecular formula is C17H26O. The lowest BCUT2D eigenvalue weighted by atomic mass is 9.70. The lowest BCUT2D eigenvalue weighted by molar-refractivity contribution is -0.120. The minimum Gasteiger partial charge on any atom is -0.299 e. The van der Waals surface area contributed by atoms with Crippen molar-refractivity contribution in [3.63, 3.8) is 0 Å². The lowest BCUT2D eigenvalue weighted by Gasteiger charge is -2.34. The summed E-state index contributed by atoms with van der Waals surface area (Å²) >= 11 is 0. The Kier molecular flexibility index (Phi) is 4.09. The monoisotopic (exact) mass is 246 g/mol. The van der Waals surface area contributed by atoms with Crippen molar-refractivity contribution in [2.75, 3.05) is 0 Å². The zero-order valence-corrected chi connectivity index (χ0v) is 12.3. The summed E-state index contributed by atoms with van der Waals surface area (Å²) in [5, 5.41) is 0. The Labute approximate surface area is 111 Å². The van der Waals surface area contributed by atoms with Gasteiger partial charge in [-0.15, -0.1) is 0 Å². The van der Waals surface area contributed by atoms with Crippen LogP contribution in [0.5, 0.6) is 0 Å². The normalized spacial score (nSPS) is 28.1. The molecule has 0 aromatic carbocycles. The number of carbonyl (C=O) groups excluding carboxylic acids is 1. The van der Waals surface area contributed by atoms with Gasteiger partial charge in [0.05, 0.1) is 0 Å². The second-order valence-electron chi connectivity index (χ2n) is 5.51. The minimum atomic E-state index is 0.246. The predicted molar refractivity (Wildman–Crippen MR) is 76.4 cm³/mol. The van der Waals surface area contributed by atoms with Crippen LogP contribution in [0.15, 0.2) is 22.3 Å². The number of fused-ring (bicyclic) bond motifs is 1. The van der Waals surface area contributed by atoms with E-state index in [9.17, 15) is 4.79 Å². The zero-order valence-electron chi connectivity index (χ0n) is 12.3. The van der Waals surface area contributed by atoms with Crippen molar-refractivity contribution in [1.29, 1.82) is 0 Å². The van der Waals surface area contributed by atoms with Gasteiger partial charge in [-0.25, -0.2) is 0 Å². The average molecular weight is 246 g/mol. The predicted octanol–water partition coefficient (Wildman–Crippen LogP) is 4.83. The largest absolute Gasteiger partial charge is 0.299 e. The fraction of sp³-hybridized carbons (Fsp3) is 0.706. The molecule has 0 spiro atoms. The standard InChI is InChI=1S/C17H26O/c1-5-11-12(6-2)14(8-4)17-15(13(11)7-3)9-10-16(17)18/h15,17H,5-10H2,1-4H3/t15-,17+/m0/s1. The van der Waals surface area contributed by atoms with Crippen molar-refractivity contribution in [3.8, 4) is 0 Å². The van der Waals surface area contributed by atoms with Gasteiger partial charge in [-0.3, -0.25) is 4.79 Å². The number of Topliss-reactive ketones (excluding diaryl/α,β-unsaturated/α-hetero) is 1. The summed E-state index contributed by atoms with van der Waals surface area (Å²) < 4.78 is 0. The molecule has 18 heavy (non-hydrogen) atoms. The van der Waals surface area contributed by atoms with Gasteiger partial charge in [-0.2, -0.15) is 0 Å². The Morgan fingerprint density at radius 3 is 1.94 bits per heavy atom. The maximum absolute atomic E-state index is 12.2. The van der Waals surface area contributed by atoms with Crippen LogP contribution in [-0.2, 0) is 4.79 Å². The molecule has 1 heteroatoms. The molecule has 1 fully saturated rings. The summed E-state index contributed by atoms with van der Waals surface area (Å²) in [6.07, 6.45) is 6.29. The van der Waals surface area contributed by atoms with Gasteiger partial charge in [0.1, 0.15) is 5.78 Å². The minimum absolute atomic E-state index is 0.246. The number of rotatable bonds is 4.